The van der Waals surface area contributed by atoms with Gasteiger partial charge in [0.2, 0.25) is 0 Å². The summed E-state index contributed by atoms with van der Waals surface area (Å²) < 4.78 is 6.04. The molecular formula is C13H14N4O. The van der Waals surface area contributed by atoms with Crippen LogP contribution in [0.3, 0.4) is 0 Å². The highest BCUT2D eigenvalue weighted by Gasteiger charge is 2.38. The second kappa shape index (κ2) is 4.80. The number of nitrogens with one attached hydrogen (secondary N) is 1. The average molecular weight is 242 g/mol. The summed E-state index contributed by atoms with van der Waals surface area (Å²) in [5, 5.41) is 3.36. The highest BCUT2D eigenvalue weighted by Crippen LogP contribution is 2.32. The molecule has 0 amide bonds. The molecule has 0 saturated carbocycles. The summed E-state index contributed by atoms with van der Waals surface area (Å²) in [6, 6.07) is 5.82. The van der Waals surface area contributed by atoms with Crippen LogP contribution in [-0.4, -0.2) is 34.6 Å². The van der Waals surface area contributed by atoms with Gasteiger partial charge in [-0.2, -0.15) is 0 Å². The standard InChI is InChI=1S/C13H14N4O/c1-2-11(8-14-4-1)13(9-15-6-7-18-13)12-3-5-16-10-17-12/h1-5,8,10,15H,6-7,9H2. The molecule has 5 heteroatoms. The monoisotopic (exact) mass is 242 g/mol. The van der Waals surface area contributed by atoms with Gasteiger partial charge in [0, 0.05) is 37.2 Å². The number of aromatic nitrogens is 3. The van der Waals surface area contributed by atoms with Gasteiger partial charge in [0.05, 0.1) is 12.3 Å². The molecule has 3 rings (SSSR count). The van der Waals surface area contributed by atoms with E-state index in [2.05, 4.69) is 20.3 Å². The first-order chi connectivity index (χ1) is 8.92. The van der Waals surface area contributed by atoms with E-state index in [1.807, 2.05) is 24.4 Å². The van der Waals surface area contributed by atoms with Crippen LogP contribution in [0.25, 0.3) is 0 Å². The predicted octanol–water partition coefficient (Wildman–Crippen LogP) is 0.735. The number of morpholine rings is 1. The van der Waals surface area contributed by atoms with E-state index in [0.717, 1.165) is 17.8 Å². The van der Waals surface area contributed by atoms with Gasteiger partial charge in [0.25, 0.3) is 0 Å². The largest absolute Gasteiger partial charge is 0.361 e. The zero-order valence-electron chi connectivity index (χ0n) is 9.91. The molecule has 0 spiro atoms. The second-order valence-corrected chi connectivity index (χ2v) is 4.19. The molecule has 0 aromatic carbocycles. The van der Waals surface area contributed by atoms with Crippen LogP contribution in [0, 0.1) is 0 Å². The molecule has 0 bridgehead atoms. The SMILES string of the molecule is c1cncc(C2(c3ccncn3)CNCCO2)c1. The molecule has 1 aliphatic heterocycles. The Morgan fingerprint density at radius 2 is 2.22 bits per heavy atom. The third-order valence-corrected chi connectivity index (χ3v) is 3.12. The molecule has 1 fully saturated rings. The van der Waals surface area contributed by atoms with Crippen molar-refractivity contribution in [2.24, 2.45) is 0 Å². The molecular weight excluding hydrogens is 228 g/mol. The summed E-state index contributed by atoms with van der Waals surface area (Å²) in [5.74, 6) is 0. The Balaban J connectivity index is 2.10. The lowest BCUT2D eigenvalue weighted by molar-refractivity contribution is -0.0435. The van der Waals surface area contributed by atoms with Crippen molar-refractivity contribution in [1.82, 2.24) is 20.3 Å². The van der Waals surface area contributed by atoms with E-state index in [1.54, 1.807) is 18.7 Å². The maximum absolute atomic E-state index is 6.04. The van der Waals surface area contributed by atoms with Crippen LogP contribution >= 0.6 is 0 Å². The van der Waals surface area contributed by atoms with Gasteiger partial charge >= 0.3 is 0 Å². The summed E-state index contributed by atoms with van der Waals surface area (Å²) in [4.78, 5) is 12.5. The van der Waals surface area contributed by atoms with Gasteiger partial charge in [0.15, 0.2) is 0 Å². The lowest BCUT2D eigenvalue weighted by atomic mass is 9.90. The highest BCUT2D eigenvalue weighted by atomic mass is 16.5. The van der Waals surface area contributed by atoms with Crippen LogP contribution in [0.1, 0.15) is 11.3 Å². The maximum atomic E-state index is 6.04. The van der Waals surface area contributed by atoms with Crippen molar-refractivity contribution in [2.75, 3.05) is 19.7 Å². The fourth-order valence-electron chi connectivity index (χ4n) is 2.24. The van der Waals surface area contributed by atoms with E-state index in [4.69, 9.17) is 4.74 Å². The zero-order valence-corrected chi connectivity index (χ0v) is 9.91. The summed E-state index contributed by atoms with van der Waals surface area (Å²) in [7, 11) is 0. The molecule has 1 saturated heterocycles. The molecule has 92 valence electrons. The Morgan fingerprint density at radius 3 is 2.89 bits per heavy atom. The molecule has 0 aliphatic carbocycles. The molecule has 2 aromatic heterocycles. The minimum Gasteiger partial charge on any atom is -0.361 e. The lowest BCUT2D eigenvalue weighted by Crippen LogP contribution is -2.48. The van der Waals surface area contributed by atoms with Gasteiger partial charge in [-0.25, -0.2) is 9.97 Å². The zero-order chi connectivity index (χ0) is 12.3. The van der Waals surface area contributed by atoms with Crippen molar-refractivity contribution >= 4 is 0 Å². The molecule has 18 heavy (non-hydrogen) atoms. The molecule has 1 atom stereocenters. The Morgan fingerprint density at radius 1 is 1.22 bits per heavy atom. The first kappa shape index (κ1) is 11.3. The average Bonchev–Trinajstić information content (AvgIpc) is 2.50. The van der Waals surface area contributed by atoms with Crippen molar-refractivity contribution in [3.8, 4) is 0 Å². The van der Waals surface area contributed by atoms with E-state index in [1.165, 1.54) is 0 Å². The van der Waals surface area contributed by atoms with Gasteiger partial charge in [-0.1, -0.05) is 6.07 Å². The predicted molar refractivity (Wildman–Crippen MR) is 65.9 cm³/mol. The number of ether oxygens (including phenoxy) is 1. The molecule has 1 N–H and O–H groups in total. The minimum absolute atomic E-state index is 0.560. The van der Waals surface area contributed by atoms with Crippen molar-refractivity contribution < 1.29 is 4.74 Å². The van der Waals surface area contributed by atoms with Gasteiger partial charge in [-0.15, -0.1) is 0 Å². The molecule has 1 unspecified atom stereocenters. The Bertz CT molecular complexity index is 455. The number of hydrogen-bond acceptors (Lipinski definition) is 5. The molecule has 0 radical (unpaired) electrons. The minimum atomic E-state index is -0.560. The van der Waals surface area contributed by atoms with E-state index < -0.39 is 5.60 Å². The first-order valence-electron chi connectivity index (χ1n) is 5.93. The van der Waals surface area contributed by atoms with Gasteiger partial charge in [-0.3, -0.25) is 4.98 Å². The third-order valence-electron chi connectivity index (χ3n) is 3.12. The van der Waals surface area contributed by atoms with Crippen molar-refractivity contribution in [1.29, 1.82) is 0 Å². The molecule has 3 heterocycles. The van der Waals surface area contributed by atoms with E-state index in [9.17, 15) is 0 Å². The highest BCUT2D eigenvalue weighted by molar-refractivity contribution is 5.31. The quantitative estimate of drug-likeness (QED) is 0.841. The van der Waals surface area contributed by atoms with Crippen LogP contribution < -0.4 is 5.32 Å². The van der Waals surface area contributed by atoms with Crippen LogP contribution in [0.2, 0.25) is 0 Å². The normalized spacial score (nSPS) is 23.8. The summed E-state index contributed by atoms with van der Waals surface area (Å²) in [5.41, 5.74) is 1.31. The molecule has 1 aliphatic rings. The molecule has 5 nitrogen and oxygen atoms in total. The lowest BCUT2D eigenvalue weighted by Gasteiger charge is -2.37. The summed E-state index contributed by atoms with van der Waals surface area (Å²) >= 11 is 0. The first-order valence-corrected chi connectivity index (χ1v) is 5.93. The van der Waals surface area contributed by atoms with Crippen LogP contribution in [0.4, 0.5) is 0 Å². The van der Waals surface area contributed by atoms with Gasteiger partial charge in [0.1, 0.15) is 11.9 Å². The second-order valence-electron chi connectivity index (χ2n) is 4.19. The van der Waals surface area contributed by atoms with E-state index in [0.29, 0.717) is 13.2 Å². The smallest absolute Gasteiger partial charge is 0.149 e. The van der Waals surface area contributed by atoms with Crippen molar-refractivity contribution in [2.45, 2.75) is 5.60 Å². The fraction of sp³-hybridized carbons (Fsp3) is 0.308. The van der Waals surface area contributed by atoms with Gasteiger partial charge < -0.3 is 10.1 Å². The molecule has 2 aromatic rings. The van der Waals surface area contributed by atoms with E-state index in [-0.39, 0.29) is 0 Å². The van der Waals surface area contributed by atoms with Crippen molar-refractivity contribution in [3.05, 3.63) is 54.4 Å². The summed E-state index contributed by atoms with van der Waals surface area (Å²) in [6.07, 6.45) is 6.87. The van der Waals surface area contributed by atoms with Crippen LogP contribution in [-0.2, 0) is 10.3 Å². The Kier molecular flexibility index (Phi) is 3.00. The number of nitrogens with zero attached hydrogens (tertiary/aromatic N) is 3. The van der Waals surface area contributed by atoms with Gasteiger partial charge in [-0.05, 0) is 12.1 Å². The Hall–Kier alpha value is -1.85. The van der Waals surface area contributed by atoms with Crippen LogP contribution in [0.5, 0.6) is 0 Å². The fourth-order valence-corrected chi connectivity index (χ4v) is 2.24. The summed E-state index contributed by atoms with van der Waals surface area (Å²) in [6.45, 7) is 2.20. The number of hydrogen-bond donors (Lipinski definition) is 1. The number of pyridine rings is 1. The number of rotatable bonds is 2. The third kappa shape index (κ3) is 1.87. The van der Waals surface area contributed by atoms with Crippen molar-refractivity contribution in [3.63, 3.8) is 0 Å². The maximum Gasteiger partial charge on any atom is 0.149 e. The topological polar surface area (TPSA) is 59.9 Å². The Labute approximate surface area is 105 Å². The van der Waals surface area contributed by atoms with Crippen LogP contribution in [0.15, 0.2) is 43.1 Å². The van der Waals surface area contributed by atoms with E-state index >= 15 is 0 Å².